The Bertz CT molecular complexity index is 934. The number of hydrogen-bond donors (Lipinski definition) is 2. The molecule has 2 N–H and O–H groups in total. The van der Waals surface area contributed by atoms with Crippen LogP contribution in [0.15, 0.2) is 82.0 Å². The van der Waals surface area contributed by atoms with Crippen LogP contribution in [0.25, 0.3) is 0 Å². The average Bonchev–Trinajstić information content (AvgIpc) is 2.73. The Hall–Kier alpha value is -2.18. The molecule has 0 aromatic carbocycles. The van der Waals surface area contributed by atoms with Gasteiger partial charge >= 0.3 is 0 Å². The van der Waals surface area contributed by atoms with Gasteiger partial charge in [0, 0.05) is 21.2 Å². The third-order valence-electron chi connectivity index (χ3n) is 6.00. The number of allylic oxidation sites excluding steroid dienone is 8. The van der Waals surface area contributed by atoms with Crippen molar-refractivity contribution >= 4 is 35.1 Å². The molecule has 0 saturated carbocycles. The summed E-state index contributed by atoms with van der Waals surface area (Å²) in [5, 5.41) is 7.82. The molecule has 6 heteroatoms. The van der Waals surface area contributed by atoms with Crippen LogP contribution in [-0.2, 0) is 9.59 Å². The molecule has 0 amide bonds. The molecule has 2 heterocycles. The zero-order valence-corrected chi connectivity index (χ0v) is 16.5. The van der Waals surface area contributed by atoms with E-state index >= 15 is 0 Å². The van der Waals surface area contributed by atoms with E-state index in [2.05, 4.69) is 47.1 Å². The largest absolute Gasteiger partial charge is 0.379 e. The summed E-state index contributed by atoms with van der Waals surface area (Å²) >= 11 is 3.63. The van der Waals surface area contributed by atoms with Crippen molar-refractivity contribution in [2.24, 2.45) is 11.8 Å². The first kappa shape index (κ1) is 16.7. The Labute approximate surface area is 171 Å². The molecule has 2 aliphatic heterocycles. The molecule has 0 aromatic heterocycles. The highest BCUT2D eigenvalue weighted by Gasteiger charge is 2.50. The van der Waals surface area contributed by atoms with Gasteiger partial charge in [0.15, 0.2) is 11.6 Å². The van der Waals surface area contributed by atoms with Crippen LogP contribution in [-0.4, -0.2) is 34.2 Å². The maximum atomic E-state index is 12.9. The molecule has 0 fully saturated rings. The molecule has 0 spiro atoms. The molecular formula is C22H18N2O2S2. The third kappa shape index (κ3) is 2.34. The highest BCUT2D eigenvalue weighted by molar-refractivity contribution is 8.09. The fourth-order valence-electron chi connectivity index (χ4n) is 4.68. The van der Waals surface area contributed by atoms with E-state index in [0.29, 0.717) is 10.5 Å². The quantitative estimate of drug-likeness (QED) is 0.645. The second-order valence-corrected chi connectivity index (χ2v) is 10.0. The highest BCUT2D eigenvalue weighted by atomic mass is 32.2. The molecule has 6 aliphatic rings. The zero-order valence-electron chi connectivity index (χ0n) is 14.9. The fourth-order valence-corrected chi connectivity index (χ4v) is 7.52. The summed E-state index contributed by atoms with van der Waals surface area (Å²) in [6.45, 7) is 0. The maximum absolute atomic E-state index is 12.9. The topological polar surface area (TPSA) is 58.2 Å². The second kappa shape index (κ2) is 6.16. The third-order valence-corrected chi connectivity index (χ3v) is 8.89. The Kier molecular flexibility index (Phi) is 3.68. The molecule has 28 heavy (non-hydrogen) atoms. The molecule has 140 valence electrons. The standard InChI is InChI=1S/C22H18N2O2S2/c25-13-9-10-14(26)18-17(13)19-21(27-15-7-3-1-5-11(15)23-19)22-20(18)24-12-6-2-4-8-16(12)28-22/h1-12,15-18,23-24H. The lowest BCUT2D eigenvalue weighted by molar-refractivity contribution is -0.127. The van der Waals surface area contributed by atoms with Gasteiger partial charge < -0.3 is 10.6 Å². The van der Waals surface area contributed by atoms with E-state index in [-0.39, 0.29) is 23.7 Å². The van der Waals surface area contributed by atoms with Gasteiger partial charge in [0.25, 0.3) is 0 Å². The van der Waals surface area contributed by atoms with E-state index in [9.17, 15) is 9.59 Å². The molecule has 0 aromatic rings. The second-order valence-electron chi connectivity index (χ2n) is 7.62. The average molecular weight is 407 g/mol. The minimum absolute atomic E-state index is 0.0125. The van der Waals surface area contributed by atoms with Crippen LogP contribution in [0.2, 0.25) is 0 Å². The van der Waals surface area contributed by atoms with Gasteiger partial charge in [-0.15, -0.1) is 23.5 Å². The lowest BCUT2D eigenvalue weighted by Crippen LogP contribution is -2.53. The van der Waals surface area contributed by atoms with Gasteiger partial charge in [0.2, 0.25) is 0 Å². The Morgan fingerprint density at radius 2 is 1.07 bits per heavy atom. The number of hydrogen-bond acceptors (Lipinski definition) is 6. The van der Waals surface area contributed by atoms with Crippen molar-refractivity contribution in [1.82, 2.24) is 10.6 Å². The van der Waals surface area contributed by atoms with E-state index in [1.165, 1.54) is 12.2 Å². The number of nitrogens with one attached hydrogen (secondary N) is 2. The Morgan fingerprint density at radius 3 is 1.54 bits per heavy atom. The minimum Gasteiger partial charge on any atom is -0.379 e. The first-order valence-corrected chi connectivity index (χ1v) is 11.3. The van der Waals surface area contributed by atoms with Crippen molar-refractivity contribution in [3.8, 4) is 0 Å². The van der Waals surface area contributed by atoms with E-state index in [1.54, 1.807) is 0 Å². The van der Waals surface area contributed by atoms with Gasteiger partial charge in [0.05, 0.1) is 34.4 Å². The molecule has 0 saturated heterocycles. The summed E-state index contributed by atoms with van der Waals surface area (Å²) in [7, 11) is 0. The van der Waals surface area contributed by atoms with Crippen LogP contribution in [0, 0.1) is 11.8 Å². The predicted octanol–water partition coefficient (Wildman–Crippen LogP) is 2.76. The van der Waals surface area contributed by atoms with Crippen LogP contribution in [0.4, 0.5) is 0 Å². The molecular weight excluding hydrogens is 388 g/mol. The highest BCUT2D eigenvalue weighted by Crippen LogP contribution is 2.54. The molecule has 6 atom stereocenters. The van der Waals surface area contributed by atoms with Crippen molar-refractivity contribution in [2.45, 2.75) is 22.6 Å². The number of thioether (sulfide) groups is 2. The van der Waals surface area contributed by atoms with E-state index in [4.69, 9.17) is 0 Å². The maximum Gasteiger partial charge on any atom is 0.165 e. The van der Waals surface area contributed by atoms with Crippen LogP contribution in [0.1, 0.15) is 0 Å². The number of carbonyl (C=O) groups is 2. The summed E-state index contributed by atoms with van der Waals surface area (Å²) in [5.74, 6) is -0.879. The predicted molar refractivity (Wildman–Crippen MR) is 113 cm³/mol. The first-order valence-electron chi connectivity index (χ1n) is 9.51. The fraction of sp³-hybridized carbons (Fsp3) is 0.273. The molecule has 0 radical (unpaired) electrons. The van der Waals surface area contributed by atoms with Gasteiger partial charge in [-0.05, 0) is 12.2 Å². The van der Waals surface area contributed by atoms with Crippen LogP contribution >= 0.6 is 23.5 Å². The first-order chi connectivity index (χ1) is 13.7. The van der Waals surface area contributed by atoms with Crippen LogP contribution < -0.4 is 10.6 Å². The monoisotopic (exact) mass is 406 g/mol. The van der Waals surface area contributed by atoms with E-state index < -0.39 is 11.8 Å². The van der Waals surface area contributed by atoms with Crippen LogP contribution in [0.5, 0.6) is 0 Å². The smallest absolute Gasteiger partial charge is 0.165 e. The van der Waals surface area contributed by atoms with Crippen molar-refractivity contribution in [3.63, 3.8) is 0 Å². The van der Waals surface area contributed by atoms with Crippen molar-refractivity contribution < 1.29 is 9.59 Å². The summed E-state index contributed by atoms with van der Waals surface area (Å²) in [4.78, 5) is 28.1. The molecule has 4 nitrogen and oxygen atoms in total. The summed E-state index contributed by atoms with van der Waals surface area (Å²) < 4.78 is 0. The SMILES string of the molecule is O=C1C=CC(=O)C2C3=C(SC4C=CC=CC4N3)C3=C(NC4C=CC=CC4S3)C12. The number of ketones is 2. The Morgan fingerprint density at radius 1 is 0.643 bits per heavy atom. The number of carbonyl (C=O) groups excluding carboxylic acids is 2. The van der Waals surface area contributed by atoms with Crippen molar-refractivity contribution in [3.05, 3.63) is 82.0 Å². The molecule has 4 aliphatic carbocycles. The van der Waals surface area contributed by atoms with Gasteiger partial charge in [-0.2, -0.15) is 0 Å². The van der Waals surface area contributed by atoms with Gasteiger partial charge in [-0.1, -0.05) is 48.6 Å². The number of rotatable bonds is 0. The summed E-state index contributed by atoms with van der Waals surface area (Å²) in [6, 6.07) is 0.300. The zero-order chi connectivity index (χ0) is 18.8. The van der Waals surface area contributed by atoms with Crippen molar-refractivity contribution in [2.75, 3.05) is 0 Å². The van der Waals surface area contributed by atoms with Crippen LogP contribution in [0.3, 0.4) is 0 Å². The lowest BCUT2D eigenvalue weighted by atomic mass is 9.74. The molecule has 6 unspecified atom stereocenters. The minimum atomic E-state index is -0.452. The Balaban J connectivity index is 1.52. The lowest BCUT2D eigenvalue weighted by Gasteiger charge is -2.47. The molecule has 0 bridgehead atoms. The summed E-state index contributed by atoms with van der Waals surface area (Å²) in [6.07, 6.45) is 19.9. The van der Waals surface area contributed by atoms with Gasteiger partial charge in [-0.25, -0.2) is 0 Å². The van der Waals surface area contributed by atoms with E-state index in [1.807, 2.05) is 35.7 Å². The molecule has 6 rings (SSSR count). The van der Waals surface area contributed by atoms with Crippen molar-refractivity contribution in [1.29, 1.82) is 0 Å². The number of fused-ring (bicyclic) bond motifs is 6. The van der Waals surface area contributed by atoms with E-state index in [0.717, 1.165) is 21.2 Å². The summed E-state index contributed by atoms with van der Waals surface area (Å²) in [5.41, 5.74) is 1.86. The normalized spacial score (nSPS) is 39.6. The van der Waals surface area contributed by atoms with Gasteiger partial charge in [-0.3, -0.25) is 9.59 Å². The van der Waals surface area contributed by atoms with Gasteiger partial charge in [0.1, 0.15) is 0 Å².